The Hall–Kier alpha value is -2.53. The van der Waals surface area contributed by atoms with Gasteiger partial charge in [-0.25, -0.2) is 4.79 Å². The minimum absolute atomic E-state index is 0.0836. The number of urea groups is 1. The van der Waals surface area contributed by atoms with E-state index in [2.05, 4.69) is 6.08 Å². The van der Waals surface area contributed by atoms with Gasteiger partial charge in [-0.15, -0.1) is 11.8 Å². The van der Waals surface area contributed by atoms with E-state index in [0.29, 0.717) is 6.42 Å². The van der Waals surface area contributed by atoms with Crippen LogP contribution in [-0.2, 0) is 4.79 Å². The van der Waals surface area contributed by atoms with Gasteiger partial charge < -0.3 is 4.90 Å². The van der Waals surface area contributed by atoms with Crippen LogP contribution in [0.25, 0.3) is 0 Å². The molecule has 1 saturated heterocycles. The molecule has 2 aromatic rings. The molecule has 1 aliphatic rings. The van der Waals surface area contributed by atoms with Gasteiger partial charge in [0.2, 0.25) is 5.91 Å². The van der Waals surface area contributed by atoms with Gasteiger partial charge in [0, 0.05) is 11.9 Å². The van der Waals surface area contributed by atoms with Crippen molar-refractivity contribution in [2.75, 3.05) is 7.05 Å². The van der Waals surface area contributed by atoms with Crippen molar-refractivity contribution in [1.82, 2.24) is 9.80 Å². The highest BCUT2D eigenvalue weighted by molar-refractivity contribution is 8.00. The van der Waals surface area contributed by atoms with Crippen molar-refractivity contribution in [2.45, 2.75) is 49.4 Å². The first-order chi connectivity index (χ1) is 13.9. The largest absolute Gasteiger partial charge is 0.327 e. The fraction of sp³-hybridized carbons (Fsp3) is 0.333. The molecular formula is C24H28N2O2S. The highest BCUT2D eigenvalue weighted by Gasteiger charge is 2.47. The lowest BCUT2D eigenvalue weighted by Crippen LogP contribution is -2.41. The number of nitrogens with zero attached hydrogens (tertiary/aromatic N) is 2. The molecule has 2 aromatic carbocycles. The minimum Gasteiger partial charge on any atom is -0.322 e. The van der Waals surface area contributed by atoms with Crippen LogP contribution in [0.4, 0.5) is 4.79 Å². The van der Waals surface area contributed by atoms with E-state index in [1.165, 1.54) is 16.7 Å². The average molecular weight is 409 g/mol. The molecule has 152 valence electrons. The molecule has 3 rings (SSSR count). The molecule has 5 heteroatoms. The van der Waals surface area contributed by atoms with Crippen molar-refractivity contribution in [1.29, 1.82) is 0 Å². The van der Waals surface area contributed by atoms with E-state index in [-0.39, 0.29) is 29.3 Å². The average Bonchev–Trinajstić information content (AvgIpc) is 2.95. The van der Waals surface area contributed by atoms with E-state index in [0.717, 1.165) is 16.0 Å². The van der Waals surface area contributed by atoms with Crippen molar-refractivity contribution >= 4 is 23.7 Å². The zero-order valence-electron chi connectivity index (χ0n) is 17.4. The van der Waals surface area contributed by atoms with Crippen LogP contribution >= 0.6 is 11.8 Å². The van der Waals surface area contributed by atoms with E-state index >= 15 is 0 Å². The highest BCUT2D eigenvalue weighted by Crippen LogP contribution is 2.37. The number of carbonyl (C=O) groups excluding carboxylic acids is 2. The maximum absolute atomic E-state index is 13.7. The number of allylic oxidation sites excluding steroid dienone is 2. The fourth-order valence-corrected chi connectivity index (χ4v) is 4.61. The van der Waals surface area contributed by atoms with E-state index in [4.69, 9.17) is 0 Å². The minimum atomic E-state index is -0.360. The van der Waals surface area contributed by atoms with Gasteiger partial charge >= 0.3 is 6.03 Å². The van der Waals surface area contributed by atoms with E-state index in [1.54, 1.807) is 11.9 Å². The smallest absolute Gasteiger partial charge is 0.322 e. The Bertz CT molecular complexity index is 878. The number of imide groups is 1. The molecule has 3 amide bonds. The Balaban J connectivity index is 1.95. The molecule has 0 saturated carbocycles. The summed E-state index contributed by atoms with van der Waals surface area (Å²) in [6.07, 6.45) is 2.66. The first-order valence-corrected chi connectivity index (χ1v) is 10.8. The summed E-state index contributed by atoms with van der Waals surface area (Å²) in [6, 6.07) is 19.1. The van der Waals surface area contributed by atoms with Gasteiger partial charge in [-0.05, 0) is 44.9 Å². The maximum atomic E-state index is 13.7. The predicted molar refractivity (Wildman–Crippen MR) is 119 cm³/mol. The third kappa shape index (κ3) is 4.73. The summed E-state index contributed by atoms with van der Waals surface area (Å²) < 4.78 is 0. The predicted octanol–water partition coefficient (Wildman–Crippen LogP) is 5.53. The van der Waals surface area contributed by atoms with Crippen LogP contribution in [0.5, 0.6) is 0 Å². The Morgan fingerprint density at radius 1 is 1.07 bits per heavy atom. The molecule has 0 spiro atoms. The molecule has 3 atom stereocenters. The zero-order valence-corrected chi connectivity index (χ0v) is 18.2. The fourth-order valence-electron chi connectivity index (χ4n) is 3.56. The Labute approximate surface area is 177 Å². The Morgan fingerprint density at radius 3 is 2.24 bits per heavy atom. The van der Waals surface area contributed by atoms with Crippen molar-refractivity contribution in [3.05, 3.63) is 77.9 Å². The molecule has 0 unspecified atom stereocenters. The number of hydrogen-bond donors (Lipinski definition) is 0. The molecule has 1 fully saturated rings. The van der Waals surface area contributed by atoms with Crippen LogP contribution in [0, 0.1) is 0 Å². The van der Waals surface area contributed by atoms with E-state index in [9.17, 15) is 9.59 Å². The number of rotatable bonds is 6. The second kappa shape index (κ2) is 9.31. The lowest BCUT2D eigenvalue weighted by molar-refractivity contribution is -0.128. The summed E-state index contributed by atoms with van der Waals surface area (Å²) in [4.78, 5) is 30.9. The molecule has 0 radical (unpaired) electrons. The number of likely N-dealkylation sites (N-methyl/N-ethyl adjacent to an activating group) is 1. The molecular weight excluding hydrogens is 380 g/mol. The molecule has 0 N–H and O–H groups in total. The standard InChI is InChI=1S/C24H28N2O2S/c1-17(2)15-16-21(29-20-13-9-6-10-14-20)23(27)26-22(18(3)25(4)24(26)28)19-11-7-5-8-12-19/h5-15,18,21-22H,16H2,1-4H3/t18-,21-,22-/m0/s1. The second-order valence-corrected chi connectivity index (χ2v) is 8.91. The Morgan fingerprint density at radius 2 is 1.66 bits per heavy atom. The van der Waals surface area contributed by atoms with Gasteiger partial charge in [0.05, 0.1) is 17.3 Å². The summed E-state index contributed by atoms with van der Waals surface area (Å²) in [5.74, 6) is -0.133. The lowest BCUT2D eigenvalue weighted by Gasteiger charge is -2.27. The van der Waals surface area contributed by atoms with Crippen LogP contribution in [0.3, 0.4) is 0 Å². The number of carbonyl (C=O) groups is 2. The number of thioether (sulfide) groups is 1. The van der Waals surface area contributed by atoms with Gasteiger partial charge in [0.1, 0.15) is 0 Å². The highest BCUT2D eigenvalue weighted by atomic mass is 32.2. The number of benzene rings is 2. The molecule has 0 aromatic heterocycles. The van der Waals surface area contributed by atoms with Gasteiger partial charge in [-0.2, -0.15) is 0 Å². The summed E-state index contributed by atoms with van der Waals surface area (Å²) in [5, 5.41) is -0.360. The molecule has 1 heterocycles. The summed E-state index contributed by atoms with van der Waals surface area (Å²) in [7, 11) is 1.77. The van der Waals surface area contributed by atoms with Crippen LogP contribution < -0.4 is 0 Å². The number of hydrogen-bond acceptors (Lipinski definition) is 3. The monoisotopic (exact) mass is 408 g/mol. The van der Waals surface area contributed by atoms with Crippen molar-refractivity contribution in [3.63, 3.8) is 0 Å². The maximum Gasteiger partial charge on any atom is 0.327 e. The third-order valence-electron chi connectivity index (χ3n) is 5.27. The summed E-state index contributed by atoms with van der Waals surface area (Å²) >= 11 is 1.52. The van der Waals surface area contributed by atoms with Gasteiger partial charge in [0.25, 0.3) is 0 Å². The molecule has 1 aliphatic heterocycles. The second-order valence-electron chi connectivity index (χ2n) is 7.63. The molecule has 0 aliphatic carbocycles. The van der Waals surface area contributed by atoms with Crippen LogP contribution in [0.15, 0.2) is 77.2 Å². The SMILES string of the molecule is CC(C)=CC[C@H](Sc1ccccc1)C(=O)N1C(=O)N(C)[C@@H](C)[C@H]1c1ccccc1. The van der Waals surface area contributed by atoms with Crippen LogP contribution in [0.2, 0.25) is 0 Å². The number of amides is 3. The zero-order chi connectivity index (χ0) is 21.0. The summed E-state index contributed by atoms with van der Waals surface area (Å²) in [6.45, 7) is 6.05. The van der Waals surface area contributed by atoms with Gasteiger partial charge in [0.15, 0.2) is 0 Å². The van der Waals surface area contributed by atoms with E-state index < -0.39 is 0 Å². The first-order valence-electron chi connectivity index (χ1n) is 9.90. The molecule has 0 bridgehead atoms. The van der Waals surface area contributed by atoms with Crippen molar-refractivity contribution < 1.29 is 9.59 Å². The van der Waals surface area contributed by atoms with E-state index in [1.807, 2.05) is 81.4 Å². The first kappa shape index (κ1) is 21.2. The summed E-state index contributed by atoms with van der Waals surface area (Å²) in [5.41, 5.74) is 2.14. The third-order valence-corrected chi connectivity index (χ3v) is 6.49. The quantitative estimate of drug-likeness (QED) is 0.466. The molecule has 4 nitrogen and oxygen atoms in total. The van der Waals surface area contributed by atoms with Gasteiger partial charge in [-0.3, -0.25) is 9.69 Å². The lowest BCUT2D eigenvalue weighted by atomic mass is 10.00. The Kier molecular flexibility index (Phi) is 6.80. The molecule has 29 heavy (non-hydrogen) atoms. The van der Waals surface area contributed by atoms with Gasteiger partial charge in [-0.1, -0.05) is 60.2 Å². The van der Waals surface area contributed by atoms with Crippen LogP contribution in [-0.4, -0.2) is 40.1 Å². The normalized spacial score (nSPS) is 19.9. The van der Waals surface area contributed by atoms with Crippen LogP contribution in [0.1, 0.15) is 38.8 Å². The van der Waals surface area contributed by atoms with Crippen molar-refractivity contribution in [2.24, 2.45) is 0 Å². The van der Waals surface area contributed by atoms with Crippen molar-refractivity contribution in [3.8, 4) is 0 Å². The topological polar surface area (TPSA) is 40.6 Å².